The van der Waals surface area contributed by atoms with Crippen LogP contribution in [0.4, 0.5) is 0 Å². The van der Waals surface area contributed by atoms with Crippen molar-refractivity contribution in [1.29, 1.82) is 0 Å². The van der Waals surface area contributed by atoms with E-state index < -0.39 is 16.0 Å². The highest BCUT2D eigenvalue weighted by atomic mass is 35.5. The average molecular weight is 312 g/mol. The van der Waals surface area contributed by atoms with Gasteiger partial charge in [0, 0.05) is 22.2 Å². The number of sulfonamides is 1. The second-order valence-electron chi connectivity index (χ2n) is 3.50. The van der Waals surface area contributed by atoms with Crippen molar-refractivity contribution in [2.45, 2.75) is 12.2 Å². The third-order valence-corrected chi connectivity index (χ3v) is 4.08. The van der Waals surface area contributed by atoms with Gasteiger partial charge >= 0.3 is 5.97 Å². The summed E-state index contributed by atoms with van der Waals surface area (Å²) in [6.45, 7) is -0.167. The molecule has 0 atom stereocenters. The molecule has 1 rings (SSSR count). The van der Waals surface area contributed by atoms with Crippen LogP contribution in [0.15, 0.2) is 18.2 Å². The summed E-state index contributed by atoms with van der Waals surface area (Å²) < 4.78 is 25.5. The summed E-state index contributed by atoms with van der Waals surface area (Å²) in [7, 11) is -3.66. The second kappa shape index (κ2) is 6.38. The molecular weight excluding hydrogens is 301 g/mol. The van der Waals surface area contributed by atoms with Gasteiger partial charge in [0.2, 0.25) is 10.0 Å². The quantitative estimate of drug-likeness (QED) is 0.840. The first-order valence-electron chi connectivity index (χ1n) is 4.94. The first-order chi connectivity index (χ1) is 8.32. The number of carboxylic acid groups (broad SMARTS) is 1. The fourth-order valence-electron chi connectivity index (χ4n) is 1.22. The van der Waals surface area contributed by atoms with Crippen molar-refractivity contribution in [2.24, 2.45) is 0 Å². The Morgan fingerprint density at radius 3 is 2.33 bits per heavy atom. The molecule has 0 aromatic heterocycles. The molecule has 0 amide bonds. The van der Waals surface area contributed by atoms with E-state index in [-0.39, 0.29) is 28.8 Å². The van der Waals surface area contributed by atoms with Crippen LogP contribution in [0.2, 0.25) is 10.0 Å². The van der Waals surface area contributed by atoms with Gasteiger partial charge in [-0.1, -0.05) is 29.3 Å². The zero-order chi connectivity index (χ0) is 13.8. The van der Waals surface area contributed by atoms with Crippen molar-refractivity contribution >= 4 is 39.2 Å². The Balaban J connectivity index is 2.74. The van der Waals surface area contributed by atoms with Gasteiger partial charge in [-0.15, -0.1) is 0 Å². The Hall–Kier alpha value is -0.820. The molecule has 2 N–H and O–H groups in total. The maximum absolute atomic E-state index is 11.7. The minimum atomic E-state index is -3.66. The Bertz CT molecular complexity index is 525. The molecule has 5 nitrogen and oxygen atoms in total. The van der Waals surface area contributed by atoms with Crippen molar-refractivity contribution < 1.29 is 18.3 Å². The molecule has 1 aromatic carbocycles. The number of rotatable bonds is 6. The number of hydrogen-bond donors (Lipinski definition) is 2. The first kappa shape index (κ1) is 15.2. The van der Waals surface area contributed by atoms with E-state index in [0.717, 1.165) is 0 Å². The summed E-state index contributed by atoms with van der Waals surface area (Å²) in [6, 6.07) is 4.68. The van der Waals surface area contributed by atoms with Gasteiger partial charge < -0.3 is 5.11 Å². The van der Waals surface area contributed by atoms with Crippen molar-refractivity contribution in [1.82, 2.24) is 4.72 Å². The molecule has 0 aliphatic carbocycles. The normalized spacial score (nSPS) is 11.4. The lowest BCUT2D eigenvalue weighted by molar-refractivity contribution is -0.136. The third-order valence-electron chi connectivity index (χ3n) is 2.06. The molecule has 0 saturated carbocycles. The van der Waals surface area contributed by atoms with Crippen molar-refractivity contribution in [3.05, 3.63) is 33.8 Å². The van der Waals surface area contributed by atoms with E-state index in [1.165, 1.54) is 12.1 Å². The summed E-state index contributed by atoms with van der Waals surface area (Å²) in [5, 5.41) is 8.92. The van der Waals surface area contributed by atoms with Gasteiger partial charge in [0.05, 0.1) is 12.2 Å². The predicted molar refractivity (Wildman–Crippen MR) is 69.3 cm³/mol. The molecule has 8 heteroatoms. The molecule has 0 aliphatic heterocycles. The fraction of sp³-hybridized carbons (Fsp3) is 0.300. The molecular formula is C10H11Cl2NO4S. The average Bonchev–Trinajstić information content (AvgIpc) is 2.23. The largest absolute Gasteiger partial charge is 0.481 e. The summed E-state index contributed by atoms with van der Waals surface area (Å²) in [5.74, 6) is -1.46. The smallest absolute Gasteiger partial charge is 0.304 e. The van der Waals surface area contributed by atoms with Crippen LogP contribution in [-0.4, -0.2) is 26.0 Å². The molecule has 0 spiro atoms. The Morgan fingerprint density at radius 1 is 1.28 bits per heavy atom. The number of aliphatic carboxylic acids is 1. The van der Waals surface area contributed by atoms with E-state index in [2.05, 4.69) is 4.72 Å². The molecule has 0 heterocycles. The van der Waals surface area contributed by atoms with E-state index in [1.54, 1.807) is 6.07 Å². The van der Waals surface area contributed by atoms with Crippen LogP contribution in [0, 0.1) is 0 Å². The van der Waals surface area contributed by atoms with Crippen molar-refractivity contribution in [2.75, 3.05) is 6.54 Å². The lowest BCUT2D eigenvalue weighted by Gasteiger charge is -2.08. The minimum Gasteiger partial charge on any atom is -0.481 e. The molecule has 1 aromatic rings. The summed E-state index contributed by atoms with van der Waals surface area (Å²) >= 11 is 11.7. The Morgan fingerprint density at radius 2 is 1.83 bits per heavy atom. The topological polar surface area (TPSA) is 83.5 Å². The molecule has 0 saturated heterocycles. The maximum atomic E-state index is 11.7. The van der Waals surface area contributed by atoms with Crippen LogP contribution in [-0.2, 0) is 20.6 Å². The van der Waals surface area contributed by atoms with Gasteiger partial charge in [-0.2, -0.15) is 0 Å². The summed E-state index contributed by atoms with van der Waals surface area (Å²) in [4.78, 5) is 10.3. The van der Waals surface area contributed by atoms with Crippen molar-refractivity contribution in [3.8, 4) is 0 Å². The molecule has 0 aliphatic rings. The number of benzene rings is 1. The van der Waals surface area contributed by atoms with Gasteiger partial charge in [0.15, 0.2) is 0 Å². The number of carbonyl (C=O) groups is 1. The number of hydrogen-bond acceptors (Lipinski definition) is 3. The highest BCUT2D eigenvalue weighted by Gasteiger charge is 2.16. The van der Waals surface area contributed by atoms with Crippen LogP contribution in [0.3, 0.4) is 0 Å². The standard InChI is InChI=1S/C10H11Cl2NO4S/c11-8-2-1-3-9(12)7(8)6-18(16,17)13-5-4-10(14)15/h1-3,13H,4-6H2,(H,14,15). The molecule has 18 heavy (non-hydrogen) atoms. The predicted octanol–water partition coefficient (Wildman–Crippen LogP) is 1.89. The first-order valence-corrected chi connectivity index (χ1v) is 7.34. The number of carboxylic acids is 1. The lowest BCUT2D eigenvalue weighted by Crippen LogP contribution is -2.27. The third kappa shape index (κ3) is 4.81. The zero-order valence-electron chi connectivity index (χ0n) is 9.19. The Labute approximate surface area is 115 Å². The minimum absolute atomic E-state index is 0.167. The monoisotopic (exact) mass is 311 g/mol. The van der Waals surface area contributed by atoms with Gasteiger partial charge in [0.1, 0.15) is 0 Å². The maximum Gasteiger partial charge on any atom is 0.304 e. The van der Waals surface area contributed by atoms with Crippen LogP contribution < -0.4 is 4.72 Å². The van der Waals surface area contributed by atoms with Gasteiger partial charge in [0.25, 0.3) is 0 Å². The molecule has 0 bridgehead atoms. The molecule has 0 fully saturated rings. The molecule has 0 unspecified atom stereocenters. The van der Waals surface area contributed by atoms with Crippen LogP contribution in [0.25, 0.3) is 0 Å². The number of halogens is 2. The van der Waals surface area contributed by atoms with E-state index in [9.17, 15) is 13.2 Å². The van der Waals surface area contributed by atoms with Crippen LogP contribution in [0.1, 0.15) is 12.0 Å². The van der Waals surface area contributed by atoms with Crippen LogP contribution in [0.5, 0.6) is 0 Å². The fourth-order valence-corrected chi connectivity index (χ4v) is 3.12. The van der Waals surface area contributed by atoms with Gasteiger partial charge in [-0.3, -0.25) is 4.79 Å². The highest BCUT2D eigenvalue weighted by Crippen LogP contribution is 2.25. The van der Waals surface area contributed by atoms with E-state index in [1.807, 2.05) is 0 Å². The lowest BCUT2D eigenvalue weighted by atomic mass is 10.2. The van der Waals surface area contributed by atoms with E-state index >= 15 is 0 Å². The van der Waals surface area contributed by atoms with E-state index in [0.29, 0.717) is 5.56 Å². The second-order valence-corrected chi connectivity index (χ2v) is 6.12. The SMILES string of the molecule is O=C(O)CCNS(=O)(=O)Cc1c(Cl)cccc1Cl. The van der Waals surface area contributed by atoms with Crippen LogP contribution >= 0.6 is 23.2 Å². The van der Waals surface area contributed by atoms with Gasteiger partial charge in [-0.25, -0.2) is 13.1 Å². The van der Waals surface area contributed by atoms with Crippen molar-refractivity contribution in [3.63, 3.8) is 0 Å². The summed E-state index contributed by atoms with van der Waals surface area (Å²) in [5.41, 5.74) is 0.295. The highest BCUT2D eigenvalue weighted by molar-refractivity contribution is 7.88. The number of nitrogens with one attached hydrogen (secondary N) is 1. The zero-order valence-corrected chi connectivity index (χ0v) is 11.5. The molecule has 100 valence electrons. The Kier molecular flexibility index (Phi) is 5.40. The molecule has 0 radical (unpaired) electrons. The summed E-state index contributed by atoms with van der Waals surface area (Å²) in [6.07, 6.45) is -0.282. The van der Waals surface area contributed by atoms with E-state index in [4.69, 9.17) is 28.3 Å². The van der Waals surface area contributed by atoms with Gasteiger partial charge in [-0.05, 0) is 12.1 Å².